The first-order valence-electron chi connectivity index (χ1n) is 6.55. The van der Waals surface area contributed by atoms with Crippen LogP contribution < -0.4 is 15.4 Å². The summed E-state index contributed by atoms with van der Waals surface area (Å²) in [6.45, 7) is 1.45. The Morgan fingerprint density at radius 2 is 1.86 bits per heavy atom. The summed E-state index contributed by atoms with van der Waals surface area (Å²) in [6, 6.07) is 10.6. The van der Waals surface area contributed by atoms with Gasteiger partial charge in [-0.15, -0.1) is 0 Å². The number of aromatic hydroxyl groups is 1. The fourth-order valence-corrected chi connectivity index (χ4v) is 1.84. The predicted molar refractivity (Wildman–Crippen MR) is 83.7 cm³/mol. The van der Waals surface area contributed by atoms with Gasteiger partial charge in [0.15, 0.2) is 5.78 Å². The number of Topliss-reactive ketones (excluding diaryl/α,β-unsaturated/α-hetero) is 1. The van der Waals surface area contributed by atoms with Crippen molar-refractivity contribution in [3.8, 4) is 11.5 Å². The molecular formula is C16H16N2O4. The van der Waals surface area contributed by atoms with Gasteiger partial charge >= 0.3 is 6.03 Å². The lowest BCUT2D eigenvalue weighted by atomic mass is 10.1. The number of hydrogen-bond acceptors (Lipinski definition) is 4. The summed E-state index contributed by atoms with van der Waals surface area (Å²) in [7, 11) is 1.48. The highest BCUT2D eigenvalue weighted by atomic mass is 16.5. The molecule has 0 radical (unpaired) electrons. The number of benzene rings is 2. The third kappa shape index (κ3) is 3.76. The number of carbonyl (C=O) groups excluding carboxylic acids is 2. The van der Waals surface area contributed by atoms with Gasteiger partial charge in [-0.05, 0) is 31.2 Å². The van der Waals surface area contributed by atoms with Crippen molar-refractivity contribution in [1.82, 2.24) is 0 Å². The molecule has 6 nitrogen and oxygen atoms in total. The molecule has 0 fully saturated rings. The molecule has 0 aliphatic carbocycles. The van der Waals surface area contributed by atoms with E-state index in [-0.39, 0.29) is 17.2 Å². The van der Waals surface area contributed by atoms with E-state index in [1.807, 2.05) is 0 Å². The summed E-state index contributed by atoms with van der Waals surface area (Å²) in [6.07, 6.45) is 0. The molecule has 2 amide bonds. The first-order chi connectivity index (χ1) is 10.5. The lowest BCUT2D eigenvalue weighted by Crippen LogP contribution is -2.19. The molecule has 0 heterocycles. The zero-order chi connectivity index (χ0) is 16.1. The molecule has 2 rings (SSSR count). The van der Waals surface area contributed by atoms with Crippen molar-refractivity contribution < 1.29 is 19.4 Å². The third-order valence-corrected chi connectivity index (χ3v) is 2.98. The molecule has 6 heteroatoms. The van der Waals surface area contributed by atoms with Gasteiger partial charge in [-0.3, -0.25) is 4.79 Å². The SMILES string of the molecule is COc1ccc(NC(=O)Nc2cccc(C(C)=O)c2)c(O)c1. The molecule has 0 saturated carbocycles. The van der Waals surface area contributed by atoms with Crippen molar-refractivity contribution in [2.75, 3.05) is 17.7 Å². The van der Waals surface area contributed by atoms with Crippen molar-refractivity contribution >= 4 is 23.2 Å². The van der Waals surface area contributed by atoms with E-state index >= 15 is 0 Å². The van der Waals surface area contributed by atoms with Gasteiger partial charge in [-0.1, -0.05) is 12.1 Å². The van der Waals surface area contributed by atoms with Crippen molar-refractivity contribution in [3.63, 3.8) is 0 Å². The van der Waals surface area contributed by atoms with E-state index in [9.17, 15) is 14.7 Å². The molecule has 3 N–H and O–H groups in total. The van der Waals surface area contributed by atoms with Crippen LogP contribution in [-0.4, -0.2) is 24.0 Å². The zero-order valence-electron chi connectivity index (χ0n) is 12.2. The molecule has 0 aliphatic heterocycles. The fourth-order valence-electron chi connectivity index (χ4n) is 1.84. The average molecular weight is 300 g/mol. The number of amides is 2. The smallest absolute Gasteiger partial charge is 0.323 e. The Hall–Kier alpha value is -3.02. The lowest BCUT2D eigenvalue weighted by molar-refractivity contribution is 0.101. The van der Waals surface area contributed by atoms with E-state index in [4.69, 9.17) is 4.74 Å². The first kappa shape index (κ1) is 15.4. The second-order valence-corrected chi connectivity index (χ2v) is 4.60. The number of anilines is 2. The Balaban J connectivity index is 2.07. The Labute approximate surface area is 127 Å². The Kier molecular flexibility index (Phi) is 4.63. The topological polar surface area (TPSA) is 87.7 Å². The molecule has 2 aromatic rings. The number of phenolic OH excluding ortho intramolecular Hbond substituents is 1. The number of rotatable bonds is 4. The van der Waals surface area contributed by atoms with Gasteiger partial charge in [0.25, 0.3) is 0 Å². The maximum absolute atomic E-state index is 11.9. The van der Waals surface area contributed by atoms with E-state index in [0.717, 1.165) is 0 Å². The van der Waals surface area contributed by atoms with Crippen molar-refractivity contribution in [3.05, 3.63) is 48.0 Å². The monoisotopic (exact) mass is 300 g/mol. The molecule has 114 valence electrons. The van der Waals surface area contributed by atoms with Gasteiger partial charge in [-0.25, -0.2) is 4.79 Å². The van der Waals surface area contributed by atoms with Crippen molar-refractivity contribution in [1.29, 1.82) is 0 Å². The van der Waals surface area contributed by atoms with Crippen LogP contribution in [0.3, 0.4) is 0 Å². The van der Waals surface area contributed by atoms with Gasteiger partial charge in [0.1, 0.15) is 11.5 Å². The van der Waals surface area contributed by atoms with Gasteiger partial charge < -0.3 is 20.5 Å². The summed E-state index contributed by atoms with van der Waals surface area (Å²) >= 11 is 0. The minimum Gasteiger partial charge on any atom is -0.506 e. The number of hydrogen-bond donors (Lipinski definition) is 3. The van der Waals surface area contributed by atoms with Crippen LogP contribution in [0.15, 0.2) is 42.5 Å². The Morgan fingerprint density at radius 1 is 1.09 bits per heavy atom. The highest BCUT2D eigenvalue weighted by Gasteiger charge is 2.08. The molecule has 0 bridgehead atoms. The number of ether oxygens (including phenoxy) is 1. The molecule has 0 atom stereocenters. The van der Waals surface area contributed by atoms with Gasteiger partial charge in [-0.2, -0.15) is 0 Å². The Morgan fingerprint density at radius 3 is 2.50 bits per heavy atom. The van der Waals surface area contributed by atoms with E-state index in [2.05, 4.69) is 10.6 Å². The molecule has 0 saturated heterocycles. The lowest BCUT2D eigenvalue weighted by Gasteiger charge is -2.10. The normalized spacial score (nSPS) is 9.91. The average Bonchev–Trinajstić information content (AvgIpc) is 2.49. The molecule has 22 heavy (non-hydrogen) atoms. The fraction of sp³-hybridized carbons (Fsp3) is 0.125. The predicted octanol–water partition coefficient (Wildman–Crippen LogP) is 3.25. The van der Waals surface area contributed by atoms with Crippen LogP contribution in [0.2, 0.25) is 0 Å². The summed E-state index contributed by atoms with van der Waals surface area (Å²) in [5.74, 6) is 0.293. The highest BCUT2D eigenvalue weighted by Crippen LogP contribution is 2.27. The van der Waals surface area contributed by atoms with Gasteiger partial charge in [0.2, 0.25) is 0 Å². The maximum Gasteiger partial charge on any atom is 0.323 e. The Bertz CT molecular complexity index is 713. The maximum atomic E-state index is 11.9. The summed E-state index contributed by atoms with van der Waals surface area (Å²) in [5, 5.41) is 14.9. The quantitative estimate of drug-likeness (QED) is 0.597. The molecule has 0 aromatic heterocycles. The van der Waals surface area contributed by atoms with Crippen LogP contribution >= 0.6 is 0 Å². The zero-order valence-corrected chi connectivity index (χ0v) is 12.2. The van der Waals surface area contributed by atoms with Crippen LogP contribution in [0.4, 0.5) is 16.2 Å². The van der Waals surface area contributed by atoms with E-state index in [1.54, 1.807) is 30.3 Å². The van der Waals surface area contributed by atoms with Crippen molar-refractivity contribution in [2.45, 2.75) is 6.92 Å². The number of methoxy groups -OCH3 is 1. The van der Waals surface area contributed by atoms with Crippen LogP contribution in [-0.2, 0) is 0 Å². The third-order valence-electron chi connectivity index (χ3n) is 2.98. The molecular weight excluding hydrogens is 284 g/mol. The number of urea groups is 1. The standard InChI is InChI=1S/C16H16N2O4/c1-10(19)11-4-3-5-12(8-11)17-16(21)18-14-7-6-13(22-2)9-15(14)20/h3-9,20H,1-2H3,(H2,17,18,21). The molecule has 0 unspecified atom stereocenters. The largest absolute Gasteiger partial charge is 0.506 e. The molecule has 2 aromatic carbocycles. The summed E-state index contributed by atoms with van der Waals surface area (Å²) in [5.41, 5.74) is 1.24. The van der Waals surface area contributed by atoms with Crippen LogP contribution in [0.1, 0.15) is 17.3 Å². The number of phenols is 1. The van der Waals surface area contributed by atoms with Gasteiger partial charge in [0.05, 0.1) is 12.8 Å². The van der Waals surface area contributed by atoms with Crippen molar-refractivity contribution in [2.24, 2.45) is 0 Å². The molecule has 0 aliphatic rings. The van der Waals surface area contributed by atoms with E-state index in [0.29, 0.717) is 17.0 Å². The van der Waals surface area contributed by atoms with E-state index in [1.165, 1.54) is 26.2 Å². The van der Waals surface area contributed by atoms with Crippen LogP contribution in [0.5, 0.6) is 11.5 Å². The number of carbonyl (C=O) groups is 2. The summed E-state index contributed by atoms with van der Waals surface area (Å²) in [4.78, 5) is 23.2. The van der Waals surface area contributed by atoms with Gasteiger partial charge in [0, 0.05) is 17.3 Å². The van der Waals surface area contributed by atoms with E-state index < -0.39 is 6.03 Å². The van der Waals surface area contributed by atoms with Crippen LogP contribution in [0.25, 0.3) is 0 Å². The highest BCUT2D eigenvalue weighted by molar-refractivity contribution is 6.02. The first-order valence-corrected chi connectivity index (χ1v) is 6.55. The number of nitrogens with one attached hydrogen (secondary N) is 2. The minimum absolute atomic E-state index is 0.0862. The minimum atomic E-state index is -0.527. The van der Waals surface area contributed by atoms with Crippen LogP contribution in [0, 0.1) is 0 Å². The summed E-state index contributed by atoms with van der Waals surface area (Å²) < 4.78 is 4.97. The molecule has 0 spiro atoms. The second kappa shape index (κ2) is 6.62. The second-order valence-electron chi connectivity index (χ2n) is 4.60. The number of ketones is 1.